The van der Waals surface area contributed by atoms with Crippen molar-refractivity contribution in [1.82, 2.24) is 10.2 Å². The van der Waals surface area contributed by atoms with Gasteiger partial charge < -0.3 is 15.2 Å². The minimum Gasteiger partial charge on any atom is -0.477 e. The van der Waals surface area contributed by atoms with Crippen LogP contribution in [0, 0.1) is 0 Å². The lowest BCUT2D eigenvalue weighted by Gasteiger charge is -2.55. The van der Waals surface area contributed by atoms with Crippen LogP contribution in [0.25, 0.3) is 0 Å². The molecule has 1 fully saturated rings. The van der Waals surface area contributed by atoms with Crippen LogP contribution < -0.4 is 5.32 Å². The van der Waals surface area contributed by atoms with Crippen LogP contribution in [-0.2, 0) is 25.5 Å². The molecule has 7 nitrogen and oxygen atoms in total. The molecule has 0 spiro atoms. The van der Waals surface area contributed by atoms with Crippen molar-refractivity contribution in [3.05, 3.63) is 33.7 Å². The summed E-state index contributed by atoms with van der Waals surface area (Å²) in [6.07, 6.45) is 0.147. The van der Waals surface area contributed by atoms with Gasteiger partial charge in [-0.25, -0.2) is 4.79 Å². The number of thiophene rings is 1. The molecule has 2 amide bonds. The zero-order valence-electron chi connectivity index (χ0n) is 13.1. The molecular weight excluding hydrogens is 352 g/mol. The predicted molar refractivity (Wildman–Crippen MR) is 89.3 cm³/mol. The van der Waals surface area contributed by atoms with Crippen LogP contribution in [0.2, 0.25) is 0 Å². The van der Waals surface area contributed by atoms with Crippen molar-refractivity contribution in [3.63, 3.8) is 0 Å². The number of amides is 2. The van der Waals surface area contributed by atoms with Crippen molar-refractivity contribution in [2.75, 3.05) is 12.9 Å². The van der Waals surface area contributed by atoms with Gasteiger partial charge >= 0.3 is 5.97 Å². The Morgan fingerprint density at radius 1 is 1.54 bits per heavy atom. The van der Waals surface area contributed by atoms with Gasteiger partial charge in [-0.05, 0) is 23.9 Å². The van der Waals surface area contributed by atoms with Gasteiger partial charge in [-0.2, -0.15) is 0 Å². The fourth-order valence-corrected chi connectivity index (χ4v) is 4.95. The van der Waals surface area contributed by atoms with E-state index in [1.165, 1.54) is 35.1 Å². The fourth-order valence-electron chi connectivity index (χ4n) is 2.86. The first-order chi connectivity index (χ1) is 11.4. The average molecular weight is 368 g/mol. The molecule has 0 radical (unpaired) electrons. The second kappa shape index (κ2) is 6.23. The van der Waals surface area contributed by atoms with E-state index in [1.54, 1.807) is 6.92 Å². The van der Waals surface area contributed by atoms with Crippen LogP contribution in [0.5, 0.6) is 0 Å². The number of hydrogen-bond donors (Lipinski definition) is 2. The Morgan fingerprint density at radius 2 is 2.29 bits per heavy atom. The van der Waals surface area contributed by atoms with Gasteiger partial charge in [0.2, 0.25) is 5.91 Å². The summed E-state index contributed by atoms with van der Waals surface area (Å²) in [6.45, 7) is 1.68. The number of aliphatic carboxylic acids is 1. The van der Waals surface area contributed by atoms with Crippen molar-refractivity contribution in [2.45, 2.75) is 24.4 Å². The first-order valence-electron chi connectivity index (χ1n) is 7.17. The van der Waals surface area contributed by atoms with Crippen LogP contribution in [0.15, 0.2) is 28.8 Å². The number of fused-ring (bicyclic) bond motifs is 1. The number of thioether (sulfide) groups is 1. The Hall–Kier alpha value is -1.84. The van der Waals surface area contributed by atoms with Crippen molar-refractivity contribution in [3.8, 4) is 0 Å². The number of carboxylic acid groups (broad SMARTS) is 1. The molecule has 2 N–H and O–H groups in total. The van der Waals surface area contributed by atoms with Crippen LogP contribution in [0.3, 0.4) is 0 Å². The highest BCUT2D eigenvalue weighted by Gasteiger charge is 2.66. The molecule has 2 aliphatic heterocycles. The van der Waals surface area contributed by atoms with E-state index in [0.717, 1.165) is 4.88 Å². The van der Waals surface area contributed by atoms with Gasteiger partial charge in [0.05, 0.1) is 6.42 Å². The smallest absolute Gasteiger partial charge is 0.352 e. The van der Waals surface area contributed by atoms with Gasteiger partial charge in [-0.3, -0.25) is 14.5 Å². The monoisotopic (exact) mass is 368 g/mol. The number of nitrogens with one attached hydrogen (secondary N) is 1. The second-order valence-corrected chi connectivity index (χ2v) is 7.62. The highest BCUT2D eigenvalue weighted by atomic mass is 32.2. The van der Waals surface area contributed by atoms with E-state index in [0.29, 0.717) is 11.3 Å². The molecule has 2 atom stereocenters. The van der Waals surface area contributed by atoms with E-state index >= 15 is 0 Å². The number of ether oxygens (including phenoxy) is 1. The molecule has 3 rings (SSSR count). The highest BCUT2D eigenvalue weighted by Crippen LogP contribution is 2.46. The molecular formula is C15H16N2O5S2. The first-order valence-corrected chi connectivity index (χ1v) is 9.10. The third-order valence-corrected chi connectivity index (χ3v) is 6.32. The molecule has 3 heterocycles. The Kier molecular flexibility index (Phi) is 4.41. The first kappa shape index (κ1) is 17.0. The number of carboxylic acids is 1. The summed E-state index contributed by atoms with van der Waals surface area (Å²) in [6, 6.07) is 3.68. The minimum absolute atomic E-state index is 0.0241. The highest BCUT2D eigenvalue weighted by molar-refractivity contribution is 8.00. The van der Waals surface area contributed by atoms with E-state index in [1.807, 2.05) is 17.5 Å². The molecule has 128 valence electrons. The summed E-state index contributed by atoms with van der Waals surface area (Å²) in [5.41, 5.74) is -0.920. The third kappa shape index (κ3) is 2.52. The van der Waals surface area contributed by atoms with E-state index in [-0.39, 0.29) is 18.0 Å². The van der Waals surface area contributed by atoms with Gasteiger partial charge in [0.15, 0.2) is 0 Å². The van der Waals surface area contributed by atoms with E-state index in [2.05, 4.69) is 5.32 Å². The van der Waals surface area contributed by atoms with E-state index in [4.69, 9.17) is 4.74 Å². The number of methoxy groups -OCH3 is 1. The Balaban J connectivity index is 1.81. The van der Waals surface area contributed by atoms with E-state index < -0.39 is 23.0 Å². The maximum Gasteiger partial charge on any atom is 0.352 e. The Labute approximate surface area is 146 Å². The molecule has 1 aromatic rings. The Bertz CT molecular complexity index is 730. The standard InChI is InChI=1S/C15H16N2O5S2/c1-8-7-24-14-15(22-2,13(21)17(14)11(8)12(19)20)16-10(18)6-9-4-3-5-23-9/h3-5,14H,6-7H2,1-2H3,(H,16,18)(H,19,20)/t14-,15?/m0/s1. The fraction of sp³-hybridized carbons (Fsp3) is 0.400. The molecule has 9 heteroatoms. The molecule has 0 aliphatic carbocycles. The topological polar surface area (TPSA) is 95.9 Å². The average Bonchev–Trinajstić information content (AvgIpc) is 3.04. The van der Waals surface area contributed by atoms with Crippen molar-refractivity contribution in [1.29, 1.82) is 0 Å². The Morgan fingerprint density at radius 3 is 2.88 bits per heavy atom. The maximum atomic E-state index is 12.6. The summed E-state index contributed by atoms with van der Waals surface area (Å²) in [4.78, 5) is 38.4. The van der Waals surface area contributed by atoms with Crippen molar-refractivity contribution < 1.29 is 24.2 Å². The van der Waals surface area contributed by atoms with Crippen LogP contribution >= 0.6 is 23.1 Å². The molecule has 1 saturated heterocycles. The number of β-lactam (4-membered cyclic amide) rings is 1. The molecule has 0 saturated carbocycles. The van der Waals surface area contributed by atoms with Crippen LogP contribution in [-0.4, -0.2) is 51.8 Å². The summed E-state index contributed by atoms with van der Waals surface area (Å²) in [7, 11) is 1.34. The van der Waals surface area contributed by atoms with Gasteiger partial charge in [-0.1, -0.05) is 6.07 Å². The molecule has 0 aromatic carbocycles. The number of rotatable bonds is 5. The minimum atomic E-state index is -1.51. The summed E-state index contributed by atoms with van der Waals surface area (Å²) >= 11 is 2.83. The maximum absolute atomic E-state index is 12.6. The second-order valence-electron chi connectivity index (χ2n) is 5.52. The van der Waals surface area contributed by atoms with Crippen molar-refractivity contribution in [2.24, 2.45) is 0 Å². The quantitative estimate of drug-likeness (QED) is 0.595. The zero-order chi connectivity index (χ0) is 17.5. The number of carbonyl (C=O) groups is 3. The third-order valence-electron chi connectivity index (χ3n) is 3.99. The molecule has 2 aliphatic rings. The van der Waals surface area contributed by atoms with Gasteiger partial charge in [-0.15, -0.1) is 23.1 Å². The zero-order valence-corrected chi connectivity index (χ0v) is 14.7. The summed E-state index contributed by atoms with van der Waals surface area (Å²) in [5, 5.41) is 13.3. The predicted octanol–water partition coefficient (Wildman–Crippen LogP) is 1.02. The number of carbonyl (C=O) groups excluding carboxylic acids is 2. The SMILES string of the molecule is COC1(NC(=O)Cc2cccs2)C(=O)N2C(C(=O)O)=C(C)CS[C@H]21. The van der Waals surface area contributed by atoms with Crippen LogP contribution in [0.1, 0.15) is 11.8 Å². The van der Waals surface area contributed by atoms with E-state index in [9.17, 15) is 19.5 Å². The largest absolute Gasteiger partial charge is 0.477 e. The summed E-state index contributed by atoms with van der Waals surface area (Å²) < 4.78 is 5.35. The van der Waals surface area contributed by atoms with Crippen LogP contribution in [0.4, 0.5) is 0 Å². The molecule has 24 heavy (non-hydrogen) atoms. The molecule has 1 aromatic heterocycles. The normalized spacial score (nSPS) is 26.0. The van der Waals surface area contributed by atoms with Gasteiger partial charge in [0.1, 0.15) is 11.1 Å². The lowest BCUT2D eigenvalue weighted by atomic mass is 9.98. The van der Waals surface area contributed by atoms with Gasteiger partial charge in [0.25, 0.3) is 11.6 Å². The molecule has 1 unspecified atom stereocenters. The molecule has 0 bridgehead atoms. The number of nitrogens with zero attached hydrogens (tertiary/aromatic N) is 1. The van der Waals surface area contributed by atoms with Crippen molar-refractivity contribution >= 4 is 40.9 Å². The lowest BCUT2D eigenvalue weighted by Crippen LogP contribution is -2.80. The van der Waals surface area contributed by atoms with Gasteiger partial charge in [0, 0.05) is 17.7 Å². The summed E-state index contributed by atoms with van der Waals surface area (Å²) in [5.74, 6) is -1.59. The lowest BCUT2D eigenvalue weighted by molar-refractivity contribution is -0.192. The number of hydrogen-bond acceptors (Lipinski definition) is 6.